The Morgan fingerprint density at radius 3 is 2.60 bits per heavy atom. The van der Waals surface area contributed by atoms with Crippen LogP contribution in [0.3, 0.4) is 0 Å². The van der Waals surface area contributed by atoms with Crippen molar-refractivity contribution < 1.29 is 13.7 Å². The van der Waals surface area contributed by atoms with Gasteiger partial charge in [0.1, 0.15) is 5.82 Å². The lowest BCUT2D eigenvalue weighted by atomic mass is 10.0. The number of non-ortho nitro benzene ring substituents is 1. The second-order valence-corrected chi connectivity index (χ2v) is 5.97. The van der Waals surface area contributed by atoms with Crippen LogP contribution in [0.4, 0.5) is 26.0 Å². The minimum absolute atomic E-state index is 0.0288. The van der Waals surface area contributed by atoms with E-state index in [0.29, 0.717) is 11.1 Å². The maximum absolute atomic E-state index is 14.2. The minimum Gasteiger partial charge on any atom is -0.383 e. The standard InChI is InChI=1S/C19H15F2N7O2/c1-24-26-19(27(23)16-7-3-6-15(20)17(16)21)14-9-12(10-25-18(14)22)11-4-2-5-13(8-11)28(29)30/h2-10H,1,23H2,(H2,22,25)/b26-19-. The highest BCUT2D eigenvalue weighted by molar-refractivity contribution is 6.12. The number of nitrogens with zero attached hydrogens (tertiary/aromatic N) is 5. The highest BCUT2D eigenvalue weighted by Crippen LogP contribution is 2.28. The molecule has 0 radical (unpaired) electrons. The number of benzene rings is 2. The third kappa shape index (κ3) is 3.95. The summed E-state index contributed by atoms with van der Waals surface area (Å²) in [5.74, 6) is 3.49. The maximum atomic E-state index is 14.2. The van der Waals surface area contributed by atoms with Gasteiger partial charge in [-0.05, 0) is 23.8 Å². The van der Waals surface area contributed by atoms with Crippen LogP contribution in [0.25, 0.3) is 11.1 Å². The first-order valence-electron chi connectivity index (χ1n) is 8.36. The topological polar surface area (TPSA) is 136 Å². The maximum Gasteiger partial charge on any atom is 0.270 e. The Morgan fingerprint density at radius 1 is 1.17 bits per heavy atom. The molecular weight excluding hydrogens is 396 g/mol. The molecule has 30 heavy (non-hydrogen) atoms. The molecule has 11 heteroatoms. The van der Waals surface area contributed by atoms with Crippen molar-refractivity contribution in [3.63, 3.8) is 0 Å². The lowest BCUT2D eigenvalue weighted by Gasteiger charge is -2.21. The van der Waals surface area contributed by atoms with E-state index in [9.17, 15) is 18.9 Å². The number of hydrazine groups is 1. The van der Waals surface area contributed by atoms with Gasteiger partial charge in [-0.3, -0.25) is 15.1 Å². The fraction of sp³-hybridized carbons (Fsp3) is 0. The molecule has 1 heterocycles. The summed E-state index contributed by atoms with van der Waals surface area (Å²) in [7, 11) is 0. The molecule has 0 amide bonds. The largest absolute Gasteiger partial charge is 0.383 e. The molecule has 3 rings (SSSR count). The summed E-state index contributed by atoms with van der Waals surface area (Å²) in [5.41, 5.74) is 6.58. The van der Waals surface area contributed by atoms with Gasteiger partial charge in [-0.1, -0.05) is 18.2 Å². The van der Waals surface area contributed by atoms with Crippen LogP contribution in [0.5, 0.6) is 0 Å². The summed E-state index contributed by atoms with van der Waals surface area (Å²) in [6, 6.07) is 10.8. The van der Waals surface area contributed by atoms with Crippen LogP contribution in [0.1, 0.15) is 5.56 Å². The first-order valence-corrected chi connectivity index (χ1v) is 8.36. The Kier molecular flexibility index (Phi) is 5.74. The lowest BCUT2D eigenvalue weighted by Crippen LogP contribution is -2.39. The summed E-state index contributed by atoms with van der Waals surface area (Å²) in [4.78, 5) is 14.6. The third-order valence-corrected chi connectivity index (χ3v) is 4.13. The van der Waals surface area contributed by atoms with Crippen molar-refractivity contribution in [2.24, 2.45) is 16.0 Å². The number of hydrogen-bond donors (Lipinski definition) is 2. The van der Waals surface area contributed by atoms with Crippen LogP contribution in [0.15, 0.2) is 64.9 Å². The SMILES string of the molecule is C=N/N=C(/c1cc(-c2cccc([N+](=O)[O-])c2)cnc1N)N(N)c1cccc(F)c1F. The van der Waals surface area contributed by atoms with Crippen LogP contribution >= 0.6 is 0 Å². The number of amidine groups is 1. The molecule has 0 aliphatic heterocycles. The molecule has 3 aromatic rings. The van der Waals surface area contributed by atoms with E-state index in [-0.39, 0.29) is 28.6 Å². The molecule has 0 saturated heterocycles. The molecule has 0 atom stereocenters. The second-order valence-electron chi connectivity index (χ2n) is 5.97. The number of hydrogen-bond acceptors (Lipinski definition) is 7. The van der Waals surface area contributed by atoms with Crippen molar-refractivity contribution in [3.05, 3.63) is 82.0 Å². The first-order chi connectivity index (χ1) is 14.3. The molecule has 0 bridgehead atoms. The zero-order valence-electron chi connectivity index (χ0n) is 15.4. The smallest absolute Gasteiger partial charge is 0.270 e. The van der Waals surface area contributed by atoms with Crippen LogP contribution in [-0.4, -0.2) is 22.5 Å². The predicted octanol–water partition coefficient (Wildman–Crippen LogP) is 3.26. The first kappa shape index (κ1) is 20.5. The molecule has 152 valence electrons. The fourth-order valence-electron chi connectivity index (χ4n) is 2.70. The number of aromatic nitrogens is 1. The number of nitro benzene ring substituents is 1. The van der Waals surface area contributed by atoms with Gasteiger partial charge in [0, 0.05) is 30.6 Å². The van der Waals surface area contributed by atoms with E-state index < -0.39 is 16.6 Å². The van der Waals surface area contributed by atoms with Gasteiger partial charge in [0.15, 0.2) is 17.5 Å². The normalized spacial score (nSPS) is 11.2. The summed E-state index contributed by atoms with van der Waals surface area (Å²) < 4.78 is 27.9. The van der Waals surface area contributed by atoms with Gasteiger partial charge in [0.25, 0.3) is 5.69 Å². The molecule has 0 unspecified atom stereocenters. The minimum atomic E-state index is -1.20. The third-order valence-electron chi connectivity index (χ3n) is 4.13. The number of nitrogen functional groups attached to an aromatic ring is 1. The Balaban J connectivity index is 2.12. The van der Waals surface area contributed by atoms with E-state index in [1.54, 1.807) is 6.07 Å². The fourth-order valence-corrected chi connectivity index (χ4v) is 2.70. The van der Waals surface area contributed by atoms with Crippen molar-refractivity contribution in [2.45, 2.75) is 0 Å². The van der Waals surface area contributed by atoms with Crippen molar-refractivity contribution in [1.82, 2.24) is 4.98 Å². The second kappa shape index (κ2) is 8.41. The number of rotatable bonds is 5. The molecular formula is C19H15F2N7O2. The molecule has 0 saturated carbocycles. The average molecular weight is 411 g/mol. The molecule has 0 fully saturated rings. The number of pyridine rings is 1. The Morgan fingerprint density at radius 2 is 1.90 bits per heavy atom. The van der Waals surface area contributed by atoms with Crippen LogP contribution < -0.4 is 16.6 Å². The van der Waals surface area contributed by atoms with Gasteiger partial charge in [-0.15, -0.1) is 5.10 Å². The summed E-state index contributed by atoms with van der Waals surface area (Å²) >= 11 is 0. The summed E-state index contributed by atoms with van der Waals surface area (Å²) in [5, 5.41) is 19.0. The van der Waals surface area contributed by atoms with Crippen LogP contribution in [-0.2, 0) is 0 Å². The van der Waals surface area contributed by atoms with Crippen molar-refractivity contribution in [2.75, 3.05) is 10.7 Å². The number of nitro groups is 1. The summed E-state index contributed by atoms with van der Waals surface area (Å²) in [6.07, 6.45) is 1.40. The number of nitrogens with two attached hydrogens (primary N) is 2. The monoisotopic (exact) mass is 411 g/mol. The van der Waals surface area contributed by atoms with Gasteiger partial charge in [-0.2, -0.15) is 5.10 Å². The van der Waals surface area contributed by atoms with Gasteiger partial charge in [-0.25, -0.2) is 19.6 Å². The highest BCUT2D eigenvalue weighted by atomic mass is 19.2. The highest BCUT2D eigenvalue weighted by Gasteiger charge is 2.21. The zero-order valence-corrected chi connectivity index (χ0v) is 15.4. The zero-order chi connectivity index (χ0) is 21.8. The average Bonchev–Trinajstić information content (AvgIpc) is 2.74. The molecule has 0 aliphatic rings. The molecule has 1 aromatic heterocycles. The van der Waals surface area contributed by atoms with Gasteiger partial charge >= 0.3 is 0 Å². The predicted molar refractivity (Wildman–Crippen MR) is 110 cm³/mol. The van der Waals surface area contributed by atoms with E-state index in [2.05, 4.69) is 21.9 Å². The van der Waals surface area contributed by atoms with E-state index in [0.717, 1.165) is 11.1 Å². The van der Waals surface area contributed by atoms with Crippen LogP contribution in [0, 0.1) is 21.7 Å². The molecule has 4 N–H and O–H groups in total. The van der Waals surface area contributed by atoms with Crippen LogP contribution in [0.2, 0.25) is 0 Å². The van der Waals surface area contributed by atoms with E-state index in [4.69, 9.17) is 11.6 Å². The van der Waals surface area contributed by atoms with E-state index in [1.165, 1.54) is 42.6 Å². The van der Waals surface area contributed by atoms with E-state index >= 15 is 0 Å². The summed E-state index contributed by atoms with van der Waals surface area (Å²) in [6.45, 7) is 3.26. The Bertz CT molecular complexity index is 1170. The van der Waals surface area contributed by atoms with Crippen molar-refractivity contribution in [1.29, 1.82) is 0 Å². The lowest BCUT2D eigenvalue weighted by molar-refractivity contribution is -0.384. The van der Waals surface area contributed by atoms with Gasteiger partial charge in [0.2, 0.25) is 0 Å². The number of anilines is 2. The number of halogens is 2. The van der Waals surface area contributed by atoms with E-state index in [1.807, 2.05) is 0 Å². The van der Waals surface area contributed by atoms with Gasteiger partial charge < -0.3 is 5.73 Å². The Labute approximate surface area is 169 Å². The van der Waals surface area contributed by atoms with Gasteiger partial charge in [0.05, 0.1) is 16.2 Å². The van der Waals surface area contributed by atoms with Crippen molar-refractivity contribution in [3.8, 4) is 11.1 Å². The molecule has 9 nitrogen and oxygen atoms in total. The quantitative estimate of drug-likeness (QED) is 0.217. The Hall–Kier alpha value is -4.25. The molecule has 2 aromatic carbocycles. The molecule has 0 spiro atoms. The van der Waals surface area contributed by atoms with Crippen molar-refractivity contribution >= 4 is 29.7 Å². The molecule has 0 aliphatic carbocycles.